The number of ether oxygens (including phenoxy) is 1. The highest BCUT2D eigenvalue weighted by molar-refractivity contribution is 7.92. The van der Waals surface area contributed by atoms with Gasteiger partial charge in [0.15, 0.2) is 0 Å². The zero-order valence-electron chi connectivity index (χ0n) is 18.5. The molecule has 0 spiro atoms. The third-order valence-electron chi connectivity index (χ3n) is 4.84. The van der Waals surface area contributed by atoms with E-state index in [0.717, 1.165) is 14.2 Å². The van der Waals surface area contributed by atoms with E-state index in [0.29, 0.717) is 5.69 Å². The highest BCUT2D eigenvalue weighted by Crippen LogP contribution is 2.24. The van der Waals surface area contributed by atoms with Gasteiger partial charge < -0.3 is 9.15 Å². The number of hydrogen-bond acceptors (Lipinski definition) is 7. The molecule has 0 radical (unpaired) electrons. The number of carbonyl (C=O) groups excluding carboxylic acids is 1. The predicted octanol–water partition coefficient (Wildman–Crippen LogP) is 3.02. The van der Waals surface area contributed by atoms with Crippen molar-refractivity contribution in [2.24, 2.45) is 0 Å². The molecule has 0 saturated heterocycles. The van der Waals surface area contributed by atoms with Gasteiger partial charge in [0.2, 0.25) is 5.09 Å². The van der Waals surface area contributed by atoms with E-state index in [2.05, 4.69) is 0 Å². The van der Waals surface area contributed by atoms with Crippen LogP contribution in [-0.4, -0.2) is 48.3 Å². The highest BCUT2D eigenvalue weighted by Gasteiger charge is 2.24. The smallest absolute Gasteiger partial charge is 0.338 e. The monoisotopic (exact) mass is 492 g/mol. The van der Waals surface area contributed by atoms with Crippen molar-refractivity contribution >= 4 is 31.7 Å². The standard InChI is InChI=1S/C22H24N2O7S2/c1-16-8-10-18(11-9-16)24(4)32(26,27)20-7-5-6-17(14-20)22(25)30-15-19-12-13-21(31-19)33(28,29)23(2)3/h5-14H,15H2,1-4H3. The van der Waals surface area contributed by atoms with Crippen molar-refractivity contribution in [3.63, 3.8) is 0 Å². The summed E-state index contributed by atoms with van der Waals surface area (Å²) in [4.78, 5) is 12.4. The summed E-state index contributed by atoms with van der Waals surface area (Å²) < 4.78 is 62.8. The maximum atomic E-state index is 13.0. The van der Waals surface area contributed by atoms with Crippen molar-refractivity contribution < 1.29 is 30.8 Å². The van der Waals surface area contributed by atoms with Gasteiger partial charge in [-0.05, 0) is 49.4 Å². The Kier molecular flexibility index (Phi) is 6.96. The molecule has 0 saturated carbocycles. The van der Waals surface area contributed by atoms with Gasteiger partial charge in [0.25, 0.3) is 20.0 Å². The molecule has 33 heavy (non-hydrogen) atoms. The largest absolute Gasteiger partial charge is 0.454 e. The Morgan fingerprint density at radius 1 is 0.909 bits per heavy atom. The van der Waals surface area contributed by atoms with Crippen molar-refractivity contribution in [1.29, 1.82) is 0 Å². The van der Waals surface area contributed by atoms with E-state index in [1.807, 2.05) is 6.92 Å². The number of furan rings is 1. The molecule has 1 aromatic heterocycles. The van der Waals surface area contributed by atoms with Crippen LogP contribution in [0.25, 0.3) is 0 Å². The number of anilines is 1. The van der Waals surface area contributed by atoms with Crippen molar-refractivity contribution in [1.82, 2.24) is 4.31 Å². The minimum absolute atomic E-state index is 0.0288. The van der Waals surface area contributed by atoms with E-state index in [1.54, 1.807) is 24.3 Å². The fourth-order valence-corrected chi connectivity index (χ4v) is 4.86. The molecular weight excluding hydrogens is 468 g/mol. The minimum Gasteiger partial charge on any atom is -0.454 e. The van der Waals surface area contributed by atoms with E-state index >= 15 is 0 Å². The Hall–Kier alpha value is -3.15. The van der Waals surface area contributed by atoms with Crippen molar-refractivity contribution in [2.45, 2.75) is 23.5 Å². The summed E-state index contributed by atoms with van der Waals surface area (Å²) in [6.45, 7) is 1.58. The molecule has 9 nitrogen and oxygen atoms in total. The fourth-order valence-electron chi connectivity index (χ4n) is 2.81. The predicted molar refractivity (Wildman–Crippen MR) is 122 cm³/mol. The first kappa shape index (κ1) is 24.5. The zero-order chi connectivity index (χ0) is 24.4. The van der Waals surface area contributed by atoms with E-state index in [4.69, 9.17) is 9.15 Å². The topological polar surface area (TPSA) is 114 Å². The summed E-state index contributed by atoms with van der Waals surface area (Å²) in [6.07, 6.45) is 0. The van der Waals surface area contributed by atoms with Crippen LogP contribution in [0.1, 0.15) is 21.7 Å². The summed E-state index contributed by atoms with van der Waals surface area (Å²) in [6, 6.07) is 15.1. The average Bonchev–Trinajstić information content (AvgIpc) is 3.27. The van der Waals surface area contributed by atoms with Crippen LogP contribution in [-0.2, 0) is 31.4 Å². The molecule has 11 heteroatoms. The van der Waals surface area contributed by atoms with Gasteiger partial charge in [-0.3, -0.25) is 4.31 Å². The molecule has 2 aromatic carbocycles. The lowest BCUT2D eigenvalue weighted by Gasteiger charge is -2.20. The van der Waals surface area contributed by atoms with Crippen LogP contribution in [0.15, 0.2) is 75.1 Å². The normalized spacial score (nSPS) is 12.0. The molecule has 1 heterocycles. The van der Waals surface area contributed by atoms with Crippen molar-refractivity contribution in [3.8, 4) is 0 Å². The molecule has 0 unspecified atom stereocenters. The molecule has 0 bridgehead atoms. The van der Waals surface area contributed by atoms with Crippen LogP contribution in [0.5, 0.6) is 0 Å². The van der Waals surface area contributed by atoms with Crippen LogP contribution in [0.2, 0.25) is 0 Å². The van der Waals surface area contributed by atoms with Gasteiger partial charge in [-0.15, -0.1) is 0 Å². The van der Waals surface area contributed by atoms with Gasteiger partial charge in [0.1, 0.15) is 12.4 Å². The van der Waals surface area contributed by atoms with Crippen molar-refractivity contribution in [2.75, 3.05) is 25.4 Å². The number of carbonyl (C=O) groups is 1. The van der Waals surface area contributed by atoms with Gasteiger partial charge in [0, 0.05) is 21.1 Å². The number of benzene rings is 2. The number of sulfonamides is 2. The SMILES string of the molecule is Cc1ccc(N(C)S(=O)(=O)c2cccc(C(=O)OCc3ccc(S(=O)(=O)N(C)C)o3)c2)cc1. The first-order chi connectivity index (χ1) is 15.4. The second-order valence-electron chi connectivity index (χ2n) is 7.42. The second kappa shape index (κ2) is 9.38. The number of esters is 1. The third-order valence-corrected chi connectivity index (χ3v) is 8.31. The average molecular weight is 493 g/mol. The maximum Gasteiger partial charge on any atom is 0.338 e. The molecular formula is C22H24N2O7S2. The summed E-state index contributed by atoms with van der Waals surface area (Å²) in [7, 11) is -3.49. The number of hydrogen-bond donors (Lipinski definition) is 0. The summed E-state index contributed by atoms with van der Waals surface area (Å²) >= 11 is 0. The summed E-state index contributed by atoms with van der Waals surface area (Å²) in [5.74, 6) is -0.648. The van der Waals surface area contributed by atoms with E-state index in [9.17, 15) is 21.6 Å². The summed E-state index contributed by atoms with van der Waals surface area (Å²) in [5.41, 5.74) is 1.51. The Balaban J connectivity index is 1.75. The lowest BCUT2D eigenvalue weighted by molar-refractivity contribution is 0.0440. The molecule has 176 valence electrons. The summed E-state index contributed by atoms with van der Waals surface area (Å²) in [5, 5.41) is -0.272. The molecule has 0 aliphatic heterocycles. The third kappa shape index (κ3) is 5.27. The Morgan fingerprint density at radius 2 is 1.58 bits per heavy atom. The Labute approximate surface area is 193 Å². The lowest BCUT2D eigenvalue weighted by atomic mass is 10.2. The zero-order valence-corrected chi connectivity index (χ0v) is 20.2. The van der Waals surface area contributed by atoms with Gasteiger partial charge in [-0.2, -0.15) is 0 Å². The molecule has 0 N–H and O–H groups in total. The van der Waals surface area contributed by atoms with Crippen LogP contribution < -0.4 is 4.31 Å². The molecule has 0 aliphatic carbocycles. The number of nitrogens with zero attached hydrogens (tertiary/aromatic N) is 2. The molecule has 0 aliphatic rings. The molecule has 3 aromatic rings. The number of aryl methyl sites for hydroxylation is 1. The minimum atomic E-state index is -3.91. The van der Waals surface area contributed by atoms with Crippen LogP contribution in [0.4, 0.5) is 5.69 Å². The Bertz CT molecular complexity index is 1360. The second-order valence-corrected chi connectivity index (χ2v) is 11.5. The van der Waals surface area contributed by atoms with Crippen molar-refractivity contribution in [3.05, 3.63) is 77.6 Å². The first-order valence-corrected chi connectivity index (χ1v) is 12.6. The fraction of sp³-hybridized carbons (Fsp3) is 0.227. The number of rotatable bonds is 8. The van der Waals surface area contributed by atoms with Gasteiger partial charge >= 0.3 is 5.97 Å². The van der Waals surface area contributed by atoms with Crippen LogP contribution in [0.3, 0.4) is 0 Å². The molecule has 0 atom stereocenters. The van der Waals surface area contributed by atoms with Gasteiger partial charge in [-0.1, -0.05) is 23.8 Å². The van der Waals surface area contributed by atoms with Gasteiger partial charge in [-0.25, -0.2) is 25.9 Å². The molecule has 0 amide bonds. The van der Waals surface area contributed by atoms with E-state index < -0.39 is 26.0 Å². The van der Waals surface area contributed by atoms with Crippen LogP contribution >= 0.6 is 0 Å². The lowest BCUT2D eigenvalue weighted by Crippen LogP contribution is -2.26. The van der Waals surface area contributed by atoms with Gasteiger partial charge in [0.05, 0.1) is 16.1 Å². The van der Waals surface area contributed by atoms with E-state index in [1.165, 1.54) is 57.5 Å². The molecule has 3 rings (SSSR count). The quantitative estimate of drug-likeness (QED) is 0.444. The first-order valence-electron chi connectivity index (χ1n) is 9.77. The van der Waals surface area contributed by atoms with E-state index in [-0.39, 0.29) is 27.9 Å². The maximum absolute atomic E-state index is 13.0. The Morgan fingerprint density at radius 3 is 2.21 bits per heavy atom. The highest BCUT2D eigenvalue weighted by atomic mass is 32.2. The molecule has 0 fully saturated rings. The van der Waals surface area contributed by atoms with Crippen LogP contribution in [0, 0.1) is 6.92 Å².